The van der Waals surface area contributed by atoms with Crippen molar-refractivity contribution in [3.05, 3.63) is 28.8 Å². The van der Waals surface area contributed by atoms with Crippen molar-refractivity contribution in [2.75, 3.05) is 13.1 Å². The van der Waals surface area contributed by atoms with Crippen LogP contribution in [0.4, 0.5) is 0 Å². The number of carbonyl (C=O) groups is 1. The fourth-order valence-corrected chi connectivity index (χ4v) is 3.35. The summed E-state index contributed by atoms with van der Waals surface area (Å²) >= 11 is 6.08. The van der Waals surface area contributed by atoms with Crippen LogP contribution in [-0.4, -0.2) is 41.2 Å². The number of rotatable bonds is 4. The maximum Gasteiger partial charge on any atom is 0.335 e. The quantitative estimate of drug-likeness (QED) is 0.925. The number of likely N-dealkylation sites (tertiary alicyclic amines) is 1. The summed E-state index contributed by atoms with van der Waals surface area (Å²) < 4.78 is 5.89. The van der Waals surface area contributed by atoms with Gasteiger partial charge in [0.1, 0.15) is 11.9 Å². The lowest BCUT2D eigenvalue weighted by Crippen LogP contribution is -2.50. The Balaban J connectivity index is 1.53. The molecule has 1 saturated carbocycles. The number of hydrogen-bond acceptors (Lipinski definition) is 3. The molecule has 2 aliphatic rings. The Morgan fingerprint density at radius 3 is 2.57 bits per heavy atom. The van der Waals surface area contributed by atoms with E-state index in [0.717, 1.165) is 12.8 Å². The molecule has 4 nitrogen and oxygen atoms in total. The highest BCUT2D eigenvalue weighted by atomic mass is 35.5. The summed E-state index contributed by atoms with van der Waals surface area (Å²) in [5.41, 5.74) is 0.187. The van der Waals surface area contributed by atoms with Gasteiger partial charge in [0.05, 0.1) is 10.6 Å². The van der Waals surface area contributed by atoms with Crippen molar-refractivity contribution in [1.29, 1.82) is 0 Å². The summed E-state index contributed by atoms with van der Waals surface area (Å²) in [6, 6.07) is 5.28. The van der Waals surface area contributed by atoms with Crippen molar-refractivity contribution in [1.82, 2.24) is 4.90 Å². The van der Waals surface area contributed by atoms with Gasteiger partial charge in [-0.25, -0.2) is 4.79 Å². The molecule has 1 N–H and O–H groups in total. The molecule has 1 saturated heterocycles. The zero-order valence-corrected chi connectivity index (χ0v) is 12.7. The predicted molar refractivity (Wildman–Crippen MR) is 81.3 cm³/mol. The number of hydrogen-bond donors (Lipinski definition) is 1. The molecule has 5 heteroatoms. The minimum atomic E-state index is -0.975. The van der Waals surface area contributed by atoms with E-state index in [2.05, 4.69) is 4.90 Å². The second-order valence-electron chi connectivity index (χ2n) is 5.91. The number of ether oxygens (including phenoxy) is 1. The van der Waals surface area contributed by atoms with E-state index in [-0.39, 0.29) is 11.7 Å². The molecular formula is C16H20ClNO3. The van der Waals surface area contributed by atoms with Gasteiger partial charge in [-0.15, -0.1) is 0 Å². The Morgan fingerprint density at radius 1 is 1.24 bits per heavy atom. The SMILES string of the molecule is O=C(O)c1ccc(OC2CC(N3CCCCC3)C2)c(Cl)c1. The van der Waals surface area contributed by atoms with Crippen LogP contribution < -0.4 is 4.74 Å². The second kappa shape index (κ2) is 6.24. The molecule has 0 aromatic heterocycles. The van der Waals surface area contributed by atoms with Gasteiger partial charge in [0.25, 0.3) is 0 Å². The Bertz CT molecular complexity index is 522. The summed E-state index contributed by atoms with van der Waals surface area (Å²) in [4.78, 5) is 13.4. The fourth-order valence-electron chi connectivity index (χ4n) is 3.12. The zero-order valence-electron chi connectivity index (χ0n) is 11.9. The minimum absolute atomic E-state index is 0.187. The van der Waals surface area contributed by atoms with E-state index in [1.165, 1.54) is 44.5 Å². The molecule has 3 rings (SSSR count). The van der Waals surface area contributed by atoms with Gasteiger partial charge in [-0.1, -0.05) is 18.0 Å². The summed E-state index contributed by atoms with van der Waals surface area (Å²) in [5.74, 6) is -0.388. The Hall–Kier alpha value is -1.26. The molecular weight excluding hydrogens is 290 g/mol. The normalized spacial score (nSPS) is 26.1. The summed E-state index contributed by atoms with van der Waals surface area (Å²) in [7, 11) is 0. The number of halogens is 1. The van der Waals surface area contributed by atoms with Gasteiger partial charge in [-0.05, 0) is 44.1 Å². The van der Waals surface area contributed by atoms with E-state index in [1.54, 1.807) is 6.07 Å². The van der Waals surface area contributed by atoms with Gasteiger partial charge < -0.3 is 14.7 Å². The molecule has 1 heterocycles. The first-order valence-electron chi connectivity index (χ1n) is 7.57. The average molecular weight is 310 g/mol. The monoisotopic (exact) mass is 309 g/mol. The lowest BCUT2D eigenvalue weighted by molar-refractivity contribution is 0.00896. The molecule has 1 aliphatic carbocycles. The average Bonchev–Trinajstić information content (AvgIpc) is 2.44. The Kier molecular flexibility index (Phi) is 4.36. The van der Waals surface area contributed by atoms with Gasteiger partial charge >= 0.3 is 5.97 Å². The van der Waals surface area contributed by atoms with Gasteiger partial charge in [-0.2, -0.15) is 0 Å². The topological polar surface area (TPSA) is 49.8 Å². The van der Waals surface area contributed by atoms with E-state index in [4.69, 9.17) is 21.4 Å². The van der Waals surface area contributed by atoms with Crippen LogP contribution in [0.5, 0.6) is 5.75 Å². The van der Waals surface area contributed by atoms with E-state index >= 15 is 0 Å². The van der Waals surface area contributed by atoms with Gasteiger partial charge in [-0.3, -0.25) is 0 Å². The smallest absolute Gasteiger partial charge is 0.335 e. The first kappa shape index (κ1) is 14.7. The van der Waals surface area contributed by atoms with Crippen molar-refractivity contribution < 1.29 is 14.6 Å². The number of carboxylic acid groups (broad SMARTS) is 1. The first-order valence-corrected chi connectivity index (χ1v) is 7.95. The fraction of sp³-hybridized carbons (Fsp3) is 0.562. The summed E-state index contributed by atoms with van der Waals surface area (Å²) in [6.45, 7) is 2.43. The number of benzene rings is 1. The van der Waals surface area contributed by atoms with Crippen LogP contribution in [0, 0.1) is 0 Å². The highest BCUT2D eigenvalue weighted by Crippen LogP contribution is 2.34. The largest absolute Gasteiger partial charge is 0.489 e. The van der Waals surface area contributed by atoms with Gasteiger partial charge in [0.2, 0.25) is 0 Å². The Morgan fingerprint density at radius 2 is 1.95 bits per heavy atom. The molecule has 0 bridgehead atoms. The zero-order chi connectivity index (χ0) is 14.8. The minimum Gasteiger partial charge on any atom is -0.489 e. The van der Waals surface area contributed by atoms with Crippen LogP contribution in [0.2, 0.25) is 5.02 Å². The van der Waals surface area contributed by atoms with Crippen LogP contribution in [0.15, 0.2) is 18.2 Å². The molecule has 1 aromatic rings. The highest BCUT2D eigenvalue weighted by molar-refractivity contribution is 6.32. The molecule has 0 radical (unpaired) electrons. The number of carboxylic acids is 1. The first-order chi connectivity index (χ1) is 10.1. The third kappa shape index (κ3) is 3.33. The maximum absolute atomic E-state index is 10.9. The van der Waals surface area contributed by atoms with Crippen LogP contribution >= 0.6 is 11.6 Å². The second-order valence-corrected chi connectivity index (χ2v) is 6.32. The Labute approximate surface area is 129 Å². The molecule has 21 heavy (non-hydrogen) atoms. The van der Waals surface area contributed by atoms with Gasteiger partial charge in [0, 0.05) is 18.9 Å². The van der Waals surface area contributed by atoms with Crippen molar-refractivity contribution in [2.45, 2.75) is 44.2 Å². The van der Waals surface area contributed by atoms with Crippen molar-refractivity contribution >= 4 is 17.6 Å². The molecule has 2 fully saturated rings. The van der Waals surface area contributed by atoms with Crippen LogP contribution in [0.3, 0.4) is 0 Å². The number of nitrogens with zero attached hydrogens (tertiary/aromatic N) is 1. The van der Waals surface area contributed by atoms with Crippen LogP contribution in [-0.2, 0) is 0 Å². The number of aromatic carboxylic acids is 1. The van der Waals surface area contributed by atoms with E-state index in [1.807, 2.05) is 0 Å². The van der Waals surface area contributed by atoms with Crippen LogP contribution in [0.25, 0.3) is 0 Å². The molecule has 1 aromatic carbocycles. The molecule has 0 unspecified atom stereocenters. The molecule has 0 amide bonds. The lowest BCUT2D eigenvalue weighted by atomic mass is 9.86. The summed E-state index contributed by atoms with van der Waals surface area (Å²) in [6.07, 6.45) is 6.25. The van der Waals surface area contributed by atoms with Crippen molar-refractivity contribution in [3.63, 3.8) is 0 Å². The van der Waals surface area contributed by atoms with E-state index in [0.29, 0.717) is 16.8 Å². The predicted octanol–water partition coefficient (Wildman–Crippen LogP) is 3.43. The molecule has 0 atom stereocenters. The van der Waals surface area contributed by atoms with Crippen LogP contribution in [0.1, 0.15) is 42.5 Å². The molecule has 1 aliphatic heterocycles. The van der Waals surface area contributed by atoms with Crippen molar-refractivity contribution in [3.8, 4) is 5.75 Å². The van der Waals surface area contributed by atoms with Gasteiger partial charge in [0.15, 0.2) is 0 Å². The van der Waals surface area contributed by atoms with E-state index in [9.17, 15) is 4.79 Å². The highest BCUT2D eigenvalue weighted by Gasteiger charge is 2.35. The van der Waals surface area contributed by atoms with Crippen molar-refractivity contribution in [2.24, 2.45) is 0 Å². The maximum atomic E-state index is 10.9. The third-order valence-corrected chi connectivity index (χ3v) is 4.74. The van der Waals surface area contributed by atoms with E-state index < -0.39 is 5.97 Å². The molecule has 114 valence electrons. The summed E-state index contributed by atoms with van der Waals surface area (Å²) in [5, 5.41) is 9.28. The standard InChI is InChI=1S/C16H20ClNO3/c17-14-8-11(16(19)20)4-5-15(14)21-13-9-12(10-13)18-6-2-1-3-7-18/h4-5,8,12-13H,1-3,6-7,9-10H2,(H,19,20). The third-order valence-electron chi connectivity index (χ3n) is 4.45. The molecule has 0 spiro atoms. The number of piperidine rings is 1. The lowest BCUT2D eigenvalue weighted by Gasteiger charge is -2.44.